The van der Waals surface area contributed by atoms with Gasteiger partial charge in [0.1, 0.15) is 11.0 Å². The number of hydrogen-bond acceptors (Lipinski definition) is 2. The highest BCUT2D eigenvalue weighted by Gasteiger charge is 2.18. The molecule has 1 aromatic rings. The average molecular weight is 257 g/mol. The van der Waals surface area contributed by atoms with Crippen molar-refractivity contribution in [1.82, 2.24) is 0 Å². The number of methoxy groups -OCH3 is 1. The molecule has 0 saturated carbocycles. The maximum absolute atomic E-state index is 13.3. The lowest BCUT2D eigenvalue weighted by atomic mass is 10.2. The van der Waals surface area contributed by atoms with Crippen LogP contribution >= 0.6 is 0 Å². The zero-order valence-electron chi connectivity index (χ0n) is 10.4. The molecule has 0 radical (unpaired) electrons. The van der Waals surface area contributed by atoms with Gasteiger partial charge in [0.05, 0.1) is 11.9 Å². The van der Waals surface area contributed by atoms with Gasteiger partial charge in [0.15, 0.2) is 11.6 Å². The van der Waals surface area contributed by atoms with Gasteiger partial charge in [0.2, 0.25) is 0 Å². The zero-order chi connectivity index (χ0) is 13.1. The lowest BCUT2D eigenvalue weighted by Gasteiger charge is -2.13. The number of benzene rings is 1. The van der Waals surface area contributed by atoms with E-state index in [0.717, 1.165) is 0 Å². The maximum atomic E-state index is 13.3. The molecule has 0 aliphatic heterocycles. The molecule has 0 saturated heterocycles. The van der Waals surface area contributed by atoms with Crippen LogP contribution in [0.5, 0.6) is 5.75 Å². The van der Waals surface area contributed by atoms with Gasteiger partial charge >= 0.3 is 0 Å². The molecule has 0 bridgehead atoms. The van der Waals surface area contributed by atoms with Crippen molar-refractivity contribution in [2.24, 2.45) is 4.40 Å². The Morgan fingerprint density at radius 3 is 2.59 bits per heavy atom. The van der Waals surface area contributed by atoms with Crippen molar-refractivity contribution in [1.29, 1.82) is 0 Å². The van der Waals surface area contributed by atoms with E-state index in [0.29, 0.717) is 5.56 Å². The molecule has 0 fully saturated rings. The van der Waals surface area contributed by atoms with Crippen LogP contribution in [0, 0.1) is 5.82 Å². The number of ether oxygens (including phenoxy) is 1. The molecule has 0 heterocycles. The standard InChI is InChI=1S/C12H16FNO2S/c1-12(2,3)17(15)14-8-9-6-5-7-10(13)11(9)16-4/h5-8H,1-4H3/b14-8+/t17-/m0/s1. The molecule has 0 N–H and O–H groups in total. The predicted molar refractivity (Wildman–Crippen MR) is 68.4 cm³/mol. The average Bonchev–Trinajstić information content (AvgIpc) is 2.24. The van der Waals surface area contributed by atoms with Gasteiger partial charge in [-0.2, -0.15) is 4.40 Å². The molecule has 0 aromatic heterocycles. The van der Waals surface area contributed by atoms with Gasteiger partial charge in [-0.05, 0) is 32.9 Å². The van der Waals surface area contributed by atoms with Crippen LogP contribution in [-0.2, 0) is 11.0 Å². The molecule has 0 aliphatic carbocycles. The van der Waals surface area contributed by atoms with E-state index >= 15 is 0 Å². The van der Waals surface area contributed by atoms with E-state index in [1.807, 2.05) is 20.8 Å². The van der Waals surface area contributed by atoms with Crippen LogP contribution in [0.4, 0.5) is 4.39 Å². The SMILES string of the molecule is COc1c(F)cccc1/C=N/[S@@](=O)C(C)(C)C. The van der Waals surface area contributed by atoms with E-state index < -0.39 is 21.5 Å². The smallest absolute Gasteiger partial charge is 0.165 e. The second-order valence-electron chi connectivity index (χ2n) is 4.46. The van der Waals surface area contributed by atoms with Gasteiger partial charge in [-0.1, -0.05) is 6.07 Å². The number of para-hydroxylation sites is 1. The fourth-order valence-electron chi connectivity index (χ4n) is 1.11. The predicted octanol–water partition coefficient (Wildman–Crippen LogP) is 2.72. The van der Waals surface area contributed by atoms with E-state index in [4.69, 9.17) is 4.74 Å². The highest BCUT2D eigenvalue weighted by molar-refractivity contribution is 7.85. The third kappa shape index (κ3) is 3.63. The molecule has 1 rings (SSSR count). The lowest BCUT2D eigenvalue weighted by molar-refractivity contribution is 0.386. The summed E-state index contributed by atoms with van der Waals surface area (Å²) in [6, 6.07) is 4.52. The van der Waals surface area contributed by atoms with Gasteiger partial charge in [-0.25, -0.2) is 8.60 Å². The Balaban J connectivity index is 3.00. The van der Waals surface area contributed by atoms with Gasteiger partial charge in [-0.3, -0.25) is 0 Å². The number of nitrogens with zero attached hydrogens (tertiary/aromatic N) is 1. The molecule has 0 aliphatic rings. The summed E-state index contributed by atoms with van der Waals surface area (Å²) in [7, 11) is 0.0221. The Labute approximate surface area is 103 Å². The van der Waals surface area contributed by atoms with Gasteiger partial charge < -0.3 is 4.74 Å². The monoisotopic (exact) mass is 257 g/mol. The summed E-state index contributed by atoms with van der Waals surface area (Å²) in [5.74, 6) is -0.347. The summed E-state index contributed by atoms with van der Waals surface area (Å²) in [6.07, 6.45) is 1.38. The highest BCUT2D eigenvalue weighted by atomic mass is 32.2. The van der Waals surface area contributed by atoms with Gasteiger partial charge in [-0.15, -0.1) is 0 Å². The summed E-state index contributed by atoms with van der Waals surface area (Å²) >= 11 is 0. The minimum absolute atomic E-state index is 0.113. The first-order valence-corrected chi connectivity index (χ1v) is 6.25. The van der Waals surface area contributed by atoms with E-state index in [-0.39, 0.29) is 5.75 Å². The molecule has 17 heavy (non-hydrogen) atoms. The molecule has 1 atom stereocenters. The molecule has 5 heteroatoms. The molecule has 0 amide bonds. The Bertz CT molecular complexity index is 452. The van der Waals surface area contributed by atoms with Crippen LogP contribution in [0.2, 0.25) is 0 Å². The zero-order valence-corrected chi connectivity index (χ0v) is 11.2. The largest absolute Gasteiger partial charge is 0.493 e. The fourth-order valence-corrected chi connectivity index (χ4v) is 1.63. The Morgan fingerprint density at radius 1 is 1.41 bits per heavy atom. The summed E-state index contributed by atoms with van der Waals surface area (Å²) in [5.41, 5.74) is 0.477. The van der Waals surface area contributed by atoms with Crippen molar-refractivity contribution in [3.05, 3.63) is 29.6 Å². The van der Waals surface area contributed by atoms with Gasteiger partial charge in [0.25, 0.3) is 0 Å². The molecule has 3 nitrogen and oxygen atoms in total. The van der Waals surface area contributed by atoms with E-state index in [2.05, 4.69) is 4.40 Å². The second-order valence-corrected chi connectivity index (χ2v) is 6.39. The van der Waals surface area contributed by atoms with Crippen molar-refractivity contribution < 1.29 is 13.3 Å². The third-order valence-corrected chi connectivity index (χ3v) is 3.36. The second kappa shape index (κ2) is 5.40. The molecule has 1 aromatic carbocycles. The topological polar surface area (TPSA) is 38.7 Å². The van der Waals surface area contributed by atoms with Crippen LogP contribution in [0.3, 0.4) is 0 Å². The minimum atomic E-state index is -1.36. The van der Waals surface area contributed by atoms with Crippen LogP contribution in [0.25, 0.3) is 0 Å². The van der Waals surface area contributed by atoms with E-state index in [1.165, 1.54) is 19.4 Å². The summed E-state index contributed by atoms with van der Waals surface area (Å²) in [4.78, 5) is 0. The van der Waals surface area contributed by atoms with Crippen LogP contribution < -0.4 is 4.74 Å². The number of halogens is 1. The molecular weight excluding hydrogens is 241 g/mol. The quantitative estimate of drug-likeness (QED) is 0.781. The minimum Gasteiger partial charge on any atom is -0.493 e. The first-order valence-electron chi connectivity index (χ1n) is 5.15. The lowest BCUT2D eigenvalue weighted by Crippen LogP contribution is -2.19. The highest BCUT2D eigenvalue weighted by Crippen LogP contribution is 2.21. The van der Waals surface area contributed by atoms with Crippen molar-refractivity contribution >= 4 is 17.2 Å². The van der Waals surface area contributed by atoms with Crippen LogP contribution in [-0.4, -0.2) is 22.3 Å². The summed E-state index contributed by atoms with van der Waals surface area (Å²) in [5, 5.41) is 0. The molecule has 94 valence electrons. The van der Waals surface area contributed by atoms with Gasteiger partial charge in [0, 0.05) is 11.8 Å². The first-order chi connectivity index (χ1) is 7.86. The molecule has 0 unspecified atom stereocenters. The van der Waals surface area contributed by atoms with E-state index in [1.54, 1.807) is 12.1 Å². The molecular formula is C12H16FNO2S. The summed E-state index contributed by atoms with van der Waals surface area (Å²) < 4.78 is 33.5. The van der Waals surface area contributed by atoms with Crippen LogP contribution in [0.15, 0.2) is 22.6 Å². The van der Waals surface area contributed by atoms with Crippen LogP contribution in [0.1, 0.15) is 26.3 Å². The Kier molecular flexibility index (Phi) is 4.40. The Hall–Kier alpha value is -1.23. The fraction of sp³-hybridized carbons (Fsp3) is 0.417. The van der Waals surface area contributed by atoms with Crippen molar-refractivity contribution in [3.63, 3.8) is 0 Å². The van der Waals surface area contributed by atoms with E-state index in [9.17, 15) is 8.60 Å². The van der Waals surface area contributed by atoms with Crippen molar-refractivity contribution in [2.45, 2.75) is 25.5 Å². The normalized spacial score (nSPS) is 13.9. The maximum Gasteiger partial charge on any atom is 0.165 e. The van der Waals surface area contributed by atoms with Crippen molar-refractivity contribution in [3.8, 4) is 5.75 Å². The third-order valence-electron chi connectivity index (χ3n) is 2.01. The number of rotatable bonds is 3. The number of hydrogen-bond donors (Lipinski definition) is 0. The van der Waals surface area contributed by atoms with Crippen molar-refractivity contribution in [2.75, 3.05) is 7.11 Å². The Morgan fingerprint density at radius 2 is 2.06 bits per heavy atom. The molecule has 0 spiro atoms. The summed E-state index contributed by atoms with van der Waals surface area (Å²) in [6.45, 7) is 5.47. The first kappa shape index (κ1) is 13.8.